The lowest BCUT2D eigenvalue weighted by Gasteiger charge is -2.05. The van der Waals surface area contributed by atoms with E-state index in [1.807, 2.05) is 0 Å². The van der Waals surface area contributed by atoms with E-state index in [1.54, 1.807) is 12.3 Å². The first-order valence-corrected chi connectivity index (χ1v) is 5.67. The summed E-state index contributed by atoms with van der Waals surface area (Å²) in [5.74, 6) is -1.63. The van der Waals surface area contributed by atoms with Crippen LogP contribution in [-0.4, -0.2) is 26.8 Å². The van der Waals surface area contributed by atoms with Crippen molar-refractivity contribution in [2.24, 2.45) is 5.73 Å². The van der Waals surface area contributed by atoms with E-state index >= 15 is 0 Å². The molecule has 1 heterocycles. The number of primary amides is 1. The van der Waals surface area contributed by atoms with Crippen molar-refractivity contribution in [3.8, 4) is 5.69 Å². The minimum atomic E-state index is -1.01. The normalized spacial score (nSPS) is 10.3. The van der Waals surface area contributed by atoms with E-state index in [0.717, 1.165) is 0 Å². The van der Waals surface area contributed by atoms with Gasteiger partial charge in [0.2, 0.25) is 0 Å². The molecule has 1 aromatic heterocycles. The number of aromatic nitrogens is 2. The molecular formula is C11H8BrN3O3. The standard InChI is InChI=1S/C11H8BrN3O3/c12-7-5-6(11(17)18)1-2-9(7)15-4-3-8(14-15)10(13)16/h1-5H,(H2,13,16)(H,17,18). The van der Waals surface area contributed by atoms with Gasteiger partial charge in [0, 0.05) is 10.7 Å². The zero-order valence-electron chi connectivity index (χ0n) is 9.00. The predicted molar refractivity (Wildman–Crippen MR) is 66.7 cm³/mol. The average Bonchev–Trinajstić information content (AvgIpc) is 2.78. The molecule has 0 saturated carbocycles. The quantitative estimate of drug-likeness (QED) is 0.896. The summed E-state index contributed by atoms with van der Waals surface area (Å²) in [4.78, 5) is 21.7. The van der Waals surface area contributed by atoms with E-state index in [4.69, 9.17) is 10.8 Å². The van der Waals surface area contributed by atoms with Crippen LogP contribution in [0.15, 0.2) is 34.9 Å². The summed E-state index contributed by atoms with van der Waals surface area (Å²) < 4.78 is 2.00. The highest BCUT2D eigenvalue weighted by molar-refractivity contribution is 9.10. The van der Waals surface area contributed by atoms with Crippen molar-refractivity contribution in [2.45, 2.75) is 0 Å². The Morgan fingerprint density at radius 3 is 2.56 bits per heavy atom. The van der Waals surface area contributed by atoms with Crippen molar-refractivity contribution in [2.75, 3.05) is 0 Å². The van der Waals surface area contributed by atoms with Gasteiger partial charge < -0.3 is 10.8 Å². The lowest BCUT2D eigenvalue weighted by atomic mass is 10.2. The molecule has 0 aliphatic rings. The molecular weight excluding hydrogens is 302 g/mol. The van der Waals surface area contributed by atoms with Crippen LogP contribution in [0, 0.1) is 0 Å². The average molecular weight is 310 g/mol. The van der Waals surface area contributed by atoms with Crippen LogP contribution in [0.4, 0.5) is 0 Å². The molecule has 1 aromatic carbocycles. The third-order valence-corrected chi connectivity index (χ3v) is 2.92. The van der Waals surface area contributed by atoms with Crippen molar-refractivity contribution in [1.29, 1.82) is 0 Å². The molecule has 0 spiro atoms. The Bertz CT molecular complexity index is 636. The summed E-state index contributed by atoms with van der Waals surface area (Å²) in [6.07, 6.45) is 1.57. The van der Waals surface area contributed by atoms with Crippen molar-refractivity contribution in [1.82, 2.24) is 9.78 Å². The van der Waals surface area contributed by atoms with Gasteiger partial charge in [0.25, 0.3) is 5.91 Å². The van der Waals surface area contributed by atoms with Gasteiger partial charge >= 0.3 is 5.97 Å². The second-order valence-electron chi connectivity index (χ2n) is 3.48. The number of carboxylic acids is 1. The maximum atomic E-state index is 10.9. The molecule has 1 amide bonds. The summed E-state index contributed by atoms with van der Waals surface area (Å²) in [6.45, 7) is 0. The molecule has 0 saturated heterocycles. The maximum absolute atomic E-state index is 10.9. The molecule has 0 atom stereocenters. The molecule has 0 fully saturated rings. The Morgan fingerprint density at radius 1 is 1.33 bits per heavy atom. The van der Waals surface area contributed by atoms with Gasteiger partial charge in [-0.15, -0.1) is 0 Å². The summed E-state index contributed by atoms with van der Waals surface area (Å²) in [6, 6.07) is 5.99. The summed E-state index contributed by atoms with van der Waals surface area (Å²) >= 11 is 3.26. The van der Waals surface area contributed by atoms with Crippen molar-refractivity contribution in [3.63, 3.8) is 0 Å². The third-order valence-electron chi connectivity index (χ3n) is 2.28. The Morgan fingerprint density at radius 2 is 2.06 bits per heavy atom. The number of carbonyl (C=O) groups excluding carboxylic acids is 1. The SMILES string of the molecule is NC(=O)c1ccn(-c2ccc(C(=O)O)cc2Br)n1. The van der Waals surface area contributed by atoms with Crippen LogP contribution in [0.5, 0.6) is 0 Å². The van der Waals surface area contributed by atoms with Crippen LogP contribution >= 0.6 is 15.9 Å². The molecule has 0 bridgehead atoms. The summed E-state index contributed by atoms with van der Waals surface area (Å²) in [5, 5.41) is 12.8. The predicted octanol–water partition coefficient (Wildman–Crippen LogP) is 1.43. The zero-order chi connectivity index (χ0) is 13.3. The van der Waals surface area contributed by atoms with E-state index < -0.39 is 11.9 Å². The highest BCUT2D eigenvalue weighted by atomic mass is 79.9. The molecule has 92 valence electrons. The number of carboxylic acid groups (broad SMARTS) is 1. The Hall–Kier alpha value is -2.15. The van der Waals surface area contributed by atoms with E-state index in [0.29, 0.717) is 10.2 Å². The van der Waals surface area contributed by atoms with Gasteiger partial charge in [0.1, 0.15) is 5.69 Å². The monoisotopic (exact) mass is 309 g/mol. The first-order chi connectivity index (χ1) is 8.49. The minimum Gasteiger partial charge on any atom is -0.478 e. The second kappa shape index (κ2) is 4.61. The number of nitrogens with zero attached hydrogens (tertiary/aromatic N) is 2. The molecule has 6 nitrogen and oxygen atoms in total. The highest BCUT2D eigenvalue weighted by Crippen LogP contribution is 2.22. The number of carbonyl (C=O) groups is 2. The first-order valence-electron chi connectivity index (χ1n) is 4.87. The Balaban J connectivity index is 2.44. The molecule has 0 unspecified atom stereocenters. The fraction of sp³-hybridized carbons (Fsp3) is 0. The van der Waals surface area contributed by atoms with Gasteiger partial charge in [0.15, 0.2) is 0 Å². The molecule has 0 aliphatic heterocycles. The summed E-state index contributed by atoms with van der Waals surface area (Å²) in [5.41, 5.74) is 6.02. The van der Waals surface area contributed by atoms with Crippen LogP contribution in [0.25, 0.3) is 5.69 Å². The van der Waals surface area contributed by atoms with E-state index in [-0.39, 0.29) is 11.3 Å². The highest BCUT2D eigenvalue weighted by Gasteiger charge is 2.10. The number of halogens is 1. The van der Waals surface area contributed by atoms with Crippen molar-refractivity contribution >= 4 is 27.8 Å². The largest absolute Gasteiger partial charge is 0.478 e. The molecule has 7 heteroatoms. The van der Waals surface area contributed by atoms with Crippen LogP contribution in [0.3, 0.4) is 0 Å². The fourth-order valence-corrected chi connectivity index (χ4v) is 1.98. The second-order valence-corrected chi connectivity index (χ2v) is 4.34. The molecule has 0 aliphatic carbocycles. The van der Waals surface area contributed by atoms with Crippen LogP contribution < -0.4 is 5.73 Å². The van der Waals surface area contributed by atoms with Crippen molar-refractivity contribution in [3.05, 3.63) is 46.2 Å². The van der Waals surface area contributed by atoms with Gasteiger partial charge in [-0.1, -0.05) is 0 Å². The summed E-state index contributed by atoms with van der Waals surface area (Å²) in [7, 11) is 0. The number of aromatic carboxylic acids is 1. The molecule has 0 radical (unpaired) electrons. The van der Waals surface area contributed by atoms with Gasteiger partial charge in [0.05, 0.1) is 11.3 Å². The Labute approximate surface area is 110 Å². The number of benzene rings is 1. The Kier molecular flexibility index (Phi) is 3.15. The molecule has 2 aromatic rings. The number of amides is 1. The zero-order valence-corrected chi connectivity index (χ0v) is 10.6. The van der Waals surface area contributed by atoms with Gasteiger partial charge in [-0.05, 0) is 40.2 Å². The number of hydrogen-bond acceptors (Lipinski definition) is 3. The van der Waals surface area contributed by atoms with Gasteiger partial charge in [-0.25, -0.2) is 9.48 Å². The van der Waals surface area contributed by atoms with Gasteiger partial charge in [-0.2, -0.15) is 5.10 Å². The van der Waals surface area contributed by atoms with E-state index in [2.05, 4.69) is 21.0 Å². The molecule has 3 N–H and O–H groups in total. The smallest absolute Gasteiger partial charge is 0.335 e. The fourth-order valence-electron chi connectivity index (χ4n) is 1.42. The lowest BCUT2D eigenvalue weighted by Crippen LogP contribution is -2.12. The lowest BCUT2D eigenvalue weighted by molar-refractivity contribution is 0.0696. The van der Waals surface area contributed by atoms with Crippen molar-refractivity contribution < 1.29 is 14.7 Å². The maximum Gasteiger partial charge on any atom is 0.335 e. The number of rotatable bonds is 3. The van der Waals surface area contributed by atoms with E-state index in [9.17, 15) is 9.59 Å². The molecule has 2 rings (SSSR count). The number of nitrogens with two attached hydrogens (primary N) is 1. The van der Waals surface area contributed by atoms with Crippen LogP contribution in [-0.2, 0) is 0 Å². The number of hydrogen-bond donors (Lipinski definition) is 2. The van der Waals surface area contributed by atoms with E-state index in [1.165, 1.54) is 22.9 Å². The first kappa shape index (κ1) is 12.3. The van der Waals surface area contributed by atoms with Gasteiger partial charge in [-0.3, -0.25) is 4.79 Å². The van der Waals surface area contributed by atoms with Crippen LogP contribution in [0.1, 0.15) is 20.8 Å². The topological polar surface area (TPSA) is 98.2 Å². The minimum absolute atomic E-state index is 0.143. The third kappa shape index (κ3) is 2.25. The molecule has 18 heavy (non-hydrogen) atoms. The van der Waals surface area contributed by atoms with Crippen LogP contribution in [0.2, 0.25) is 0 Å².